The highest BCUT2D eigenvalue weighted by molar-refractivity contribution is 7.10. The van der Waals surface area contributed by atoms with E-state index < -0.39 is 12.0 Å². The molecule has 2 heterocycles. The molecule has 2 rings (SSSR count). The summed E-state index contributed by atoms with van der Waals surface area (Å²) in [7, 11) is 0. The third kappa shape index (κ3) is 2.60. The first-order chi connectivity index (χ1) is 8.59. The molecule has 94 valence electrons. The molecule has 2 N–H and O–H groups in total. The van der Waals surface area contributed by atoms with Gasteiger partial charge >= 0.3 is 5.97 Å². The van der Waals surface area contributed by atoms with E-state index in [-0.39, 0.29) is 5.91 Å². The molecule has 0 aliphatic rings. The average Bonchev–Trinajstić information content (AvgIpc) is 2.95. The zero-order valence-corrected chi connectivity index (χ0v) is 11.2. The van der Waals surface area contributed by atoms with Gasteiger partial charge in [0, 0.05) is 10.3 Å². The fourth-order valence-corrected chi connectivity index (χ4v) is 3.11. The Morgan fingerprint density at radius 1 is 1.39 bits per heavy atom. The molecule has 0 aromatic carbocycles. The lowest BCUT2D eigenvalue weighted by Gasteiger charge is -2.12. The molecule has 0 aliphatic carbocycles. The van der Waals surface area contributed by atoms with Crippen LogP contribution in [0.3, 0.4) is 0 Å². The second kappa shape index (κ2) is 5.32. The minimum Gasteiger partial charge on any atom is -0.479 e. The summed E-state index contributed by atoms with van der Waals surface area (Å²) in [6.45, 7) is 1.83. The van der Waals surface area contributed by atoms with Crippen LogP contribution in [-0.4, -0.2) is 17.0 Å². The number of carboxylic acids is 1. The van der Waals surface area contributed by atoms with Gasteiger partial charge in [0.05, 0.1) is 5.56 Å². The summed E-state index contributed by atoms with van der Waals surface area (Å²) in [6, 6.07) is 2.47. The van der Waals surface area contributed by atoms with Crippen LogP contribution in [0.25, 0.3) is 0 Å². The van der Waals surface area contributed by atoms with Crippen molar-refractivity contribution in [1.29, 1.82) is 0 Å². The third-order valence-corrected chi connectivity index (χ3v) is 4.25. The van der Waals surface area contributed by atoms with E-state index in [1.54, 1.807) is 22.9 Å². The number of hydrogen-bond donors (Lipinski definition) is 2. The largest absolute Gasteiger partial charge is 0.479 e. The number of nitrogens with one attached hydrogen (secondary N) is 1. The standard InChI is InChI=1S/C12H11NO3S2/c1-7-5-17-6-8(7)11(14)13-10(12(15)16)9-3-2-4-18-9/h2-6,10H,1H3,(H,13,14)(H,15,16). The van der Waals surface area contributed by atoms with Crippen LogP contribution in [0.1, 0.15) is 26.8 Å². The first-order valence-corrected chi connectivity index (χ1v) is 7.01. The fraction of sp³-hybridized carbons (Fsp3) is 0.167. The minimum atomic E-state index is -1.06. The number of thiophene rings is 2. The van der Waals surface area contributed by atoms with E-state index in [2.05, 4.69) is 5.32 Å². The van der Waals surface area contributed by atoms with E-state index in [0.717, 1.165) is 5.56 Å². The van der Waals surface area contributed by atoms with Crippen molar-refractivity contribution in [1.82, 2.24) is 5.32 Å². The number of carboxylic acid groups (broad SMARTS) is 1. The maximum Gasteiger partial charge on any atom is 0.331 e. The van der Waals surface area contributed by atoms with Crippen LogP contribution in [0, 0.1) is 6.92 Å². The SMILES string of the molecule is Cc1cscc1C(=O)NC(C(=O)O)c1cccs1. The molecule has 0 spiro atoms. The van der Waals surface area contributed by atoms with Gasteiger partial charge in [-0.05, 0) is 29.3 Å². The maximum atomic E-state index is 12.0. The van der Waals surface area contributed by atoms with Gasteiger partial charge in [-0.25, -0.2) is 4.79 Å². The molecule has 2 aromatic heterocycles. The van der Waals surface area contributed by atoms with Crippen LogP contribution < -0.4 is 5.32 Å². The van der Waals surface area contributed by atoms with Gasteiger partial charge in [-0.15, -0.1) is 11.3 Å². The van der Waals surface area contributed by atoms with E-state index in [0.29, 0.717) is 10.4 Å². The first-order valence-electron chi connectivity index (χ1n) is 5.19. The number of carbonyl (C=O) groups is 2. The van der Waals surface area contributed by atoms with Crippen molar-refractivity contribution in [2.45, 2.75) is 13.0 Å². The summed E-state index contributed by atoms with van der Waals surface area (Å²) in [5.41, 5.74) is 1.38. The molecule has 0 aliphatic heterocycles. The Balaban J connectivity index is 2.18. The minimum absolute atomic E-state index is 0.352. The van der Waals surface area contributed by atoms with Gasteiger partial charge in [0.2, 0.25) is 0 Å². The number of hydrogen-bond acceptors (Lipinski definition) is 4. The molecule has 0 fully saturated rings. The monoisotopic (exact) mass is 281 g/mol. The Labute approximate surface area is 112 Å². The van der Waals surface area contributed by atoms with Crippen molar-refractivity contribution in [2.24, 2.45) is 0 Å². The summed E-state index contributed by atoms with van der Waals surface area (Å²) in [4.78, 5) is 23.8. The van der Waals surface area contributed by atoms with E-state index in [4.69, 9.17) is 5.11 Å². The van der Waals surface area contributed by atoms with Crippen LogP contribution in [0.5, 0.6) is 0 Å². The predicted octanol–water partition coefficient (Wildman–Crippen LogP) is 2.67. The highest BCUT2D eigenvalue weighted by Gasteiger charge is 2.24. The lowest BCUT2D eigenvalue weighted by molar-refractivity contribution is -0.139. The fourth-order valence-electron chi connectivity index (χ4n) is 1.51. The first kappa shape index (κ1) is 12.8. The number of rotatable bonds is 4. The molecule has 18 heavy (non-hydrogen) atoms. The van der Waals surface area contributed by atoms with Crippen LogP contribution >= 0.6 is 22.7 Å². The van der Waals surface area contributed by atoms with E-state index in [9.17, 15) is 9.59 Å². The van der Waals surface area contributed by atoms with E-state index in [1.165, 1.54) is 22.7 Å². The van der Waals surface area contributed by atoms with Crippen molar-refractivity contribution in [3.8, 4) is 0 Å². The quantitative estimate of drug-likeness (QED) is 0.905. The second-order valence-corrected chi connectivity index (χ2v) is 5.45. The molecule has 4 nitrogen and oxygen atoms in total. The summed E-state index contributed by atoms with van der Waals surface area (Å²) in [5, 5.41) is 17.1. The van der Waals surface area contributed by atoms with Crippen LogP contribution in [0.15, 0.2) is 28.3 Å². The lowest BCUT2D eigenvalue weighted by atomic mass is 10.2. The predicted molar refractivity (Wildman–Crippen MR) is 71.2 cm³/mol. The highest BCUT2D eigenvalue weighted by Crippen LogP contribution is 2.21. The van der Waals surface area contributed by atoms with Gasteiger partial charge in [0.15, 0.2) is 6.04 Å². The van der Waals surface area contributed by atoms with Gasteiger partial charge in [0.25, 0.3) is 5.91 Å². The Morgan fingerprint density at radius 2 is 2.17 bits per heavy atom. The van der Waals surface area contributed by atoms with Gasteiger partial charge in [-0.3, -0.25) is 4.79 Å². The number of aliphatic carboxylic acids is 1. The summed E-state index contributed by atoms with van der Waals surface area (Å²) < 4.78 is 0. The lowest BCUT2D eigenvalue weighted by Crippen LogP contribution is -2.33. The molecule has 1 amide bonds. The molecular weight excluding hydrogens is 270 g/mol. The Kier molecular flexibility index (Phi) is 3.78. The molecule has 6 heteroatoms. The van der Waals surface area contributed by atoms with E-state index >= 15 is 0 Å². The van der Waals surface area contributed by atoms with Crippen LogP contribution in [0.4, 0.5) is 0 Å². The van der Waals surface area contributed by atoms with Crippen LogP contribution in [-0.2, 0) is 4.79 Å². The van der Waals surface area contributed by atoms with Gasteiger partial charge in [-0.1, -0.05) is 6.07 Å². The highest BCUT2D eigenvalue weighted by atomic mass is 32.1. The molecule has 2 aromatic rings. The van der Waals surface area contributed by atoms with Crippen molar-refractivity contribution in [3.05, 3.63) is 44.3 Å². The van der Waals surface area contributed by atoms with Gasteiger partial charge < -0.3 is 10.4 Å². The summed E-state index contributed by atoms with van der Waals surface area (Å²) in [5.74, 6) is -1.41. The number of aryl methyl sites for hydroxylation is 1. The second-order valence-electron chi connectivity index (χ2n) is 3.73. The summed E-state index contributed by atoms with van der Waals surface area (Å²) in [6.07, 6.45) is 0. The zero-order valence-electron chi connectivity index (χ0n) is 9.54. The summed E-state index contributed by atoms with van der Waals surface area (Å²) >= 11 is 2.73. The molecule has 0 radical (unpaired) electrons. The molecule has 0 bridgehead atoms. The smallest absolute Gasteiger partial charge is 0.331 e. The molecule has 1 unspecified atom stereocenters. The molecular formula is C12H11NO3S2. The maximum absolute atomic E-state index is 12.0. The van der Waals surface area contributed by atoms with Crippen molar-refractivity contribution in [3.63, 3.8) is 0 Å². The average molecular weight is 281 g/mol. The molecule has 0 saturated heterocycles. The molecule has 1 atom stereocenters. The van der Waals surface area contributed by atoms with Crippen LogP contribution in [0.2, 0.25) is 0 Å². The van der Waals surface area contributed by atoms with Crippen molar-refractivity contribution in [2.75, 3.05) is 0 Å². The van der Waals surface area contributed by atoms with Crippen molar-refractivity contribution < 1.29 is 14.7 Å². The Hall–Kier alpha value is -1.66. The number of amides is 1. The van der Waals surface area contributed by atoms with Gasteiger partial charge in [0.1, 0.15) is 0 Å². The number of carbonyl (C=O) groups excluding carboxylic acids is 1. The normalized spacial score (nSPS) is 12.1. The van der Waals surface area contributed by atoms with Crippen molar-refractivity contribution >= 4 is 34.6 Å². The molecule has 0 saturated carbocycles. The van der Waals surface area contributed by atoms with Gasteiger partial charge in [-0.2, -0.15) is 11.3 Å². The van der Waals surface area contributed by atoms with E-state index in [1.807, 2.05) is 12.3 Å². The zero-order chi connectivity index (χ0) is 13.1. The topological polar surface area (TPSA) is 66.4 Å². The Bertz CT molecular complexity index is 560. The third-order valence-electron chi connectivity index (χ3n) is 2.45. The Morgan fingerprint density at radius 3 is 2.67 bits per heavy atom.